The number of carbonyl (C=O) groups excluding carboxylic acids is 2. The van der Waals surface area contributed by atoms with Crippen molar-refractivity contribution in [2.24, 2.45) is 0 Å². The van der Waals surface area contributed by atoms with Gasteiger partial charge in [0.25, 0.3) is 5.91 Å². The second kappa shape index (κ2) is 8.44. The van der Waals surface area contributed by atoms with Crippen molar-refractivity contribution < 1.29 is 14.3 Å². The van der Waals surface area contributed by atoms with Crippen LogP contribution in [0.25, 0.3) is 0 Å². The topological polar surface area (TPSA) is 94.3 Å². The molecular weight excluding hydrogens is 374 g/mol. The molecule has 7 heteroatoms. The fourth-order valence-electron chi connectivity index (χ4n) is 2.15. The number of ether oxygens (including phenoxy) is 1. The molecule has 0 bridgehead atoms. The molecule has 0 radical (unpaired) electrons. The molecule has 1 amide bonds. The molecule has 3 N–H and O–H groups in total. The molecule has 6 nitrogen and oxygen atoms in total. The van der Waals surface area contributed by atoms with Gasteiger partial charge in [-0.3, -0.25) is 4.79 Å². The van der Waals surface area contributed by atoms with Crippen molar-refractivity contribution >= 4 is 33.6 Å². The summed E-state index contributed by atoms with van der Waals surface area (Å²) < 4.78 is 5.96. The molecule has 0 aliphatic rings. The molecule has 2 aromatic rings. The number of aromatic nitrogens is 1. The fourth-order valence-corrected chi connectivity index (χ4v) is 2.42. The SMILES string of the molecule is CC[C@@H](NC(=O)COC(=O)c1cccnc1N)c1ccc(Br)cc1. The van der Waals surface area contributed by atoms with Crippen LogP contribution in [0, 0.1) is 0 Å². The van der Waals surface area contributed by atoms with Gasteiger partial charge in [-0.15, -0.1) is 0 Å². The van der Waals surface area contributed by atoms with E-state index in [9.17, 15) is 9.59 Å². The van der Waals surface area contributed by atoms with Gasteiger partial charge in [0.05, 0.1) is 6.04 Å². The standard InChI is InChI=1S/C17H18BrN3O3/c1-2-14(11-5-7-12(18)8-6-11)21-15(22)10-24-17(23)13-4-3-9-20-16(13)19/h3-9,14H,2,10H2,1H3,(H2,19,20)(H,21,22)/t14-/m1/s1. The minimum absolute atomic E-state index is 0.0733. The third-order valence-electron chi connectivity index (χ3n) is 3.41. The van der Waals surface area contributed by atoms with Crippen molar-refractivity contribution in [3.05, 3.63) is 58.2 Å². The lowest BCUT2D eigenvalue weighted by molar-refractivity contribution is -0.125. The van der Waals surface area contributed by atoms with Crippen LogP contribution in [0.15, 0.2) is 47.1 Å². The van der Waals surface area contributed by atoms with E-state index in [1.165, 1.54) is 12.3 Å². The first kappa shape index (κ1) is 17.9. The first-order valence-corrected chi connectivity index (χ1v) is 8.23. The molecule has 24 heavy (non-hydrogen) atoms. The van der Waals surface area contributed by atoms with E-state index in [4.69, 9.17) is 10.5 Å². The summed E-state index contributed by atoms with van der Waals surface area (Å²) in [6.45, 7) is 1.59. The predicted molar refractivity (Wildman–Crippen MR) is 94.2 cm³/mol. The smallest absolute Gasteiger partial charge is 0.342 e. The van der Waals surface area contributed by atoms with Crippen LogP contribution in [0.1, 0.15) is 35.3 Å². The number of esters is 1. The van der Waals surface area contributed by atoms with Crippen LogP contribution in [-0.2, 0) is 9.53 Å². The third kappa shape index (κ3) is 4.79. The van der Waals surface area contributed by atoms with Crippen molar-refractivity contribution in [1.29, 1.82) is 0 Å². The number of amides is 1. The Morgan fingerprint density at radius 3 is 2.62 bits per heavy atom. The summed E-state index contributed by atoms with van der Waals surface area (Å²) in [6, 6.07) is 10.6. The summed E-state index contributed by atoms with van der Waals surface area (Å²) >= 11 is 3.38. The number of nitrogens with one attached hydrogen (secondary N) is 1. The Morgan fingerprint density at radius 1 is 1.29 bits per heavy atom. The molecular formula is C17H18BrN3O3. The summed E-state index contributed by atoms with van der Waals surface area (Å²) in [5, 5.41) is 2.85. The maximum Gasteiger partial charge on any atom is 0.342 e. The Morgan fingerprint density at radius 2 is 2.00 bits per heavy atom. The van der Waals surface area contributed by atoms with E-state index in [0.717, 1.165) is 16.5 Å². The van der Waals surface area contributed by atoms with Crippen LogP contribution >= 0.6 is 15.9 Å². The van der Waals surface area contributed by atoms with Gasteiger partial charge in [0.1, 0.15) is 11.4 Å². The maximum absolute atomic E-state index is 12.0. The highest BCUT2D eigenvalue weighted by molar-refractivity contribution is 9.10. The summed E-state index contributed by atoms with van der Waals surface area (Å²) in [7, 11) is 0. The molecule has 0 spiro atoms. The van der Waals surface area contributed by atoms with Crippen LogP contribution in [0.3, 0.4) is 0 Å². The minimum Gasteiger partial charge on any atom is -0.452 e. The number of hydrogen-bond donors (Lipinski definition) is 2. The second-order valence-corrected chi connectivity index (χ2v) is 6.01. The zero-order valence-electron chi connectivity index (χ0n) is 13.2. The molecule has 1 atom stereocenters. The van der Waals surface area contributed by atoms with Crippen molar-refractivity contribution in [1.82, 2.24) is 10.3 Å². The predicted octanol–water partition coefficient (Wildman–Crippen LogP) is 2.85. The second-order valence-electron chi connectivity index (χ2n) is 5.09. The number of nitrogen functional groups attached to an aromatic ring is 1. The van der Waals surface area contributed by atoms with E-state index < -0.39 is 5.97 Å². The van der Waals surface area contributed by atoms with Crippen LogP contribution in [0.2, 0.25) is 0 Å². The van der Waals surface area contributed by atoms with Crippen LogP contribution in [0.4, 0.5) is 5.82 Å². The number of benzene rings is 1. The van der Waals surface area contributed by atoms with Gasteiger partial charge in [0, 0.05) is 10.7 Å². The number of halogens is 1. The number of anilines is 1. The maximum atomic E-state index is 12.0. The van der Waals surface area contributed by atoms with Gasteiger partial charge in [-0.2, -0.15) is 0 Å². The van der Waals surface area contributed by atoms with E-state index in [0.29, 0.717) is 0 Å². The quantitative estimate of drug-likeness (QED) is 0.738. The average molecular weight is 392 g/mol. The fraction of sp³-hybridized carbons (Fsp3) is 0.235. The summed E-state index contributed by atoms with van der Waals surface area (Å²) in [4.78, 5) is 27.7. The Hall–Kier alpha value is -2.41. The number of nitrogens with two attached hydrogens (primary N) is 1. The van der Waals surface area contributed by atoms with Crippen molar-refractivity contribution in [3.63, 3.8) is 0 Å². The van der Waals surface area contributed by atoms with Crippen LogP contribution < -0.4 is 11.1 Å². The van der Waals surface area contributed by atoms with E-state index in [1.807, 2.05) is 31.2 Å². The average Bonchev–Trinajstić information content (AvgIpc) is 2.59. The zero-order valence-corrected chi connectivity index (χ0v) is 14.7. The van der Waals surface area contributed by atoms with Gasteiger partial charge >= 0.3 is 5.97 Å². The molecule has 126 valence electrons. The lowest BCUT2D eigenvalue weighted by atomic mass is 10.0. The van der Waals surface area contributed by atoms with Crippen LogP contribution in [-0.4, -0.2) is 23.5 Å². The third-order valence-corrected chi connectivity index (χ3v) is 3.94. The number of rotatable bonds is 6. The molecule has 1 aromatic heterocycles. The molecule has 0 aliphatic heterocycles. The molecule has 2 rings (SSSR count). The summed E-state index contributed by atoms with van der Waals surface area (Å²) in [6.07, 6.45) is 2.19. The van der Waals surface area contributed by atoms with E-state index in [1.54, 1.807) is 6.07 Å². The number of carbonyl (C=O) groups is 2. The van der Waals surface area contributed by atoms with Gasteiger partial charge in [0.15, 0.2) is 6.61 Å². The zero-order chi connectivity index (χ0) is 17.5. The number of pyridine rings is 1. The molecule has 0 fully saturated rings. The normalized spacial score (nSPS) is 11.6. The van der Waals surface area contributed by atoms with Crippen LogP contribution in [0.5, 0.6) is 0 Å². The number of nitrogens with zero attached hydrogens (tertiary/aromatic N) is 1. The van der Waals surface area contributed by atoms with Gasteiger partial charge in [-0.25, -0.2) is 9.78 Å². The van der Waals surface area contributed by atoms with Gasteiger partial charge in [0.2, 0.25) is 0 Å². The molecule has 0 aliphatic carbocycles. The molecule has 1 heterocycles. The Kier molecular flexibility index (Phi) is 6.31. The lowest BCUT2D eigenvalue weighted by Crippen LogP contribution is -2.32. The first-order chi connectivity index (χ1) is 11.5. The Balaban J connectivity index is 1.91. The molecule has 0 unspecified atom stereocenters. The highest BCUT2D eigenvalue weighted by Crippen LogP contribution is 2.19. The lowest BCUT2D eigenvalue weighted by Gasteiger charge is -2.17. The van der Waals surface area contributed by atoms with E-state index in [2.05, 4.69) is 26.2 Å². The largest absolute Gasteiger partial charge is 0.452 e. The van der Waals surface area contributed by atoms with E-state index in [-0.39, 0.29) is 29.9 Å². The van der Waals surface area contributed by atoms with Crippen molar-refractivity contribution in [2.45, 2.75) is 19.4 Å². The number of hydrogen-bond acceptors (Lipinski definition) is 5. The molecule has 0 saturated heterocycles. The molecule has 1 aromatic carbocycles. The minimum atomic E-state index is -0.674. The Labute approximate surface area is 148 Å². The Bertz CT molecular complexity index is 719. The highest BCUT2D eigenvalue weighted by Gasteiger charge is 2.16. The van der Waals surface area contributed by atoms with Gasteiger partial charge in [-0.1, -0.05) is 35.0 Å². The first-order valence-electron chi connectivity index (χ1n) is 7.43. The van der Waals surface area contributed by atoms with Crippen molar-refractivity contribution in [2.75, 3.05) is 12.3 Å². The highest BCUT2D eigenvalue weighted by atomic mass is 79.9. The van der Waals surface area contributed by atoms with Gasteiger partial charge in [-0.05, 0) is 36.2 Å². The van der Waals surface area contributed by atoms with Crippen molar-refractivity contribution in [3.8, 4) is 0 Å². The van der Waals surface area contributed by atoms with Gasteiger partial charge < -0.3 is 15.8 Å². The summed E-state index contributed by atoms with van der Waals surface area (Å²) in [5.74, 6) is -0.975. The molecule has 0 saturated carbocycles. The summed E-state index contributed by atoms with van der Waals surface area (Å²) in [5.41, 5.74) is 6.73. The monoisotopic (exact) mass is 391 g/mol. The van der Waals surface area contributed by atoms with E-state index >= 15 is 0 Å².